The molecule has 0 aliphatic rings. The SMILES string of the molecule is O=c1oc(-c2ccco2)nn1Cc1cccc2cccnc12. The predicted molar refractivity (Wildman–Crippen MR) is 79.3 cm³/mol. The molecule has 4 aromatic rings. The van der Waals surface area contributed by atoms with Crippen LogP contribution in [0.15, 0.2) is 68.6 Å². The van der Waals surface area contributed by atoms with Gasteiger partial charge in [-0.2, -0.15) is 4.68 Å². The largest absolute Gasteiger partial charge is 0.459 e. The molecule has 1 aromatic carbocycles. The minimum Gasteiger partial charge on any atom is -0.459 e. The van der Waals surface area contributed by atoms with E-state index in [1.54, 1.807) is 18.3 Å². The highest BCUT2D eigenvalue weighted by Crippen LogP contribution is 2.18. The van der Waals surface area contributed by atoms with Crippen LogP contribution in [-0.2, 0) is 6.54 Å². The summed E-state index contributed by atoms with van der Waals surface area (Å²) in [6.07, 6.45) is 3.23. The minimum absolute atomic E-state index is 0.170. The normalized spacial score (nSPS) is 11.1. The lowest BCUT2D eigenvalue weighted by molar-refractivity contribution is 0.477. The summed E-state index contributed by atoms with van der Waals surface area (Å²) in [7, 11) is 0. The molecule has 6 nitrogen and oxygen atoms in total. The second-order valence-electron chi connectivity index (χ2n) is 4.80. The zero-order valence-electron chi connectivity index (χ0n) is 11.5. The first kappa shape index (κ1) is 12.6. The molecular weight excluding hydrogens is 282 g/mol. The fourth-order valence-corrected chi connectivity index (χ4v) is 2.36. The second-order valence-corrected chi connectivity index (χ2v) is 4.80. The minimum atomic E-state index is -0.528. The molecule has 6 heteroatoms. The summed E-state index contributed by atoms with van der Waals surface area (Å²) >= 11 is 0. The molecule has 0 radical (unpaired) electrons. The average Bonchev–Trinajstić information content (AvgIpc) is 3.18. The Morgan fingerprint density at radius 2 is 2.00 bits per heavy atom. The maximum atomic E-state index is 11.9. The molecule has 3 aromatic heterocycles. The molecule has 0 unspecified atom stereocenters. The number of nitrogens with zero attached hydrogens (tertiary/aromatic N) is 3. The summed E-state index contributed by atoms with van der Waals surface area (Å²) in [4.78, 5) is 16.3. The van der Waals surface area contributed by atoms with E-state index in [0.717, 1.165) is 16.5 Å². The molecule has 0 saturated carbocycles. The maximum Gasteiger partial charge on any atom is 0.437 e. The Morgan fingerprint density at radius 1 is 1.09 bits per heavy atom. The van der Waals surface area contributed by atoms with E-state index in [0.29, 0.717) is 5.76 Å². The van der Waals surface area contributed by atoms with Crippen LogP contribution in [-0.4, -0.2) is 14.8 Å². The predicted octanol–water partition coefficient (Wildman–Crippen LogP) is 2.69. The Kier molecular flexibility index (Phi) is 2.86. The van der Waals surface area contributed by atoms with Crippen molar-refractivity contribution in [1.29, 1.82) is 0 Å². The lowest BCUT2D eigenvalue weighted by atomic mass is 10.1. The standard InChI is InChI=1S/C16H11N3O3/c20-16-19(18-15(22-16)13-7-3-9-21-13)10-12-5-1-4-11-6-2-8-17-14(11)12/h1-9H,10H2. The Morgan fingerprint density at radius 3 is 2.86 bits per heavy atom. The molecule has 0 N–H and O–H groups in total. The average molecular weight is 293 g/mol. The van der Waals surface area contributed by atoms with Crippen LogP contribution < -0.4 is 5.76 Å². The van der Waals surface area contributed by atoms with E-state index in [-0.39, 0.29) is 12.4 Å². The molecule has 0 atom stereocenters. The smallest absolute Gasteiger partial charge is 0.437 e. The van der Waals surface area contributed by atoms with E-state index in [4.69, 9.17) is 8.83 Å². The van der Waals surface area contributed by atoms with Crippen LogP contribution in [0.5, 0.6) is 0 Å². The van der Waals surface area contributed by atoms with Gasteiger partial charge in [0.05, 0.1) is 18.3 Å². The van der Waals surface area contributed by atoms with Gasteiger partial charge in [0, 0.05) is 17.1 Å². The molecular formula is C16H11N3O3. The van der Waals surface area contributed by atoms with Gasteiger partial charge >= 0.3 is 5.76 Å². The molecule has 3 heterocycles. The van der Waals surface area contributed by atoms with Crippen LogP contribution in [0.1, 0.15) is 5.56 Å². The van der Waals surface area contributed by atoms with Gasteiger partial charge in [-0.1, -0.05) is 24.3 Å². The van der Waals surface area contributed by atoms with Crippen molar-refractivity contribution in [2.24, 2.45) is 0 Å². The number of benzene rings is 1. The third-order valence-electron chi connectivity index (χ3n) is 3.37. The summed E-state index contributed by atoms with van der Waals surface area (Å²) in [5.41, 5.74) is 1.75. The molecule has 22 heavy (non-hydrogen) atoms. The van der Waals surface area contributed by atoms with Crippen molar-refractivity contribution in [2.75, 3.05) is 0 Å². The topological polar surface area (TPSA) is 74.1 Å². The van der Waals surface area contributed by atoms with E-state index in [1.807, 2.05) is 30.3 Å². The molecule has 0 fully saturated rings. The summed E-state index contributed by atoms with van der Waals surface area (Å²) in [5.74, 6) is 0.0643. The van der Waals surface area contributed by atoms with Gasteiger partial charge in [0.25, 0.3) is 5.89 Å². The molecule has 0 spiro atoms. The molecule has 0 bridgehead atoms. The van der Waals surface area contributed by atoms with Crippen molar-refractivity contribution >= 4 is 10.9 Å². The van der Waals surface area contributed by atoms with Crippen LogP contribution in [0.4, 0.5) is 0 Å². The highest BCUT2D eigenvalue weighted by molar-refractivity contribution is 5.81. The van der Waals surface area contributed by atoms with Crippen molar-refractivity contribution in [3.8, 4) is 11.7 Å². The van der Waals surface area contributed by atoms with E-state index in [1.165, 1.54) is 10.9 Å². The van der Waals surface area contributed by atoms with Crippen molar-refractivity contribution in [3.05, 3.63) is 71.0 Å². The number of aromatic nitrogens is 3. The number of rotatable bonds is 3. The molecule has 0 aliphatic carbocycles. The summed E-state index contributed by atoms with van der Waals surface area (Å²) < 4.78 is 11.6. The van der Waals surface area contributed by atoms with Crippen LogP contribution in [0.25, 0.3) is 22.6 Å². The molecule has 108 valence electrons. The highest BCUT2D eigenvalue weighted by Gasteiger charge is 2.13. The first-order chi connectivity index (χ1) is 10.8. The van der Waals surface area contributed by atoms with Gasteiger partial charge in [-0.25, -0.2) is 4.79 Å². The Balaban J connectivity index is 1.76. The molecule has 0 aliphatic heterocycles. The Bertz CT molecular complexity index is 978. The van der Waals surface area contributed by atoms with Crippen LogP contribution in [0, 0.1) is 0 Å². The van der Waals surface area contributed by atoms with Crippen molar-refractivity contribution in [1.82, 2.24) is 14.8 Å². The first-order valence-corrected chi connectivity index (χ1v) is 6.76. The summed E-state index contributed by atoms with van der Waals surface area (Å²) in [6.45, 7) is 0.289. The number of hydrogen-bond acceptors (Lipinski definition) is 5. The van der Waals surface area contributed by atoms with E-state index in [2.05, 4.69) is 10.1 Å². The zero-order valence-corrected chi connectivity index (χ0v) is 11.5. The van der Waals surface area contributed by atoms with Crippen molar-refractivity contribution in [3.63, 3.8) is 0 Å². The number of hydrogen-bond donors (Lipinski definition) is 0. The monoisotopic (exact) mass is 293 g/mol. The second kappa shape index (κ2) is 5.00. The zero-order chi connectivity index (χ0) is 14.9. The van der Waals surface area contributed by atoms with Gasteiger partial charge in [0.15, 0.2) is 5.76 Å². The highest BCUT2D eigenvalue weighted by atomic mass is 16.4. The quantitative estimate of drug-likeness (QED) is 0.580. The van der Waals surface area contributed by atoms with Crippen LogP contribution in [0.2, 0.25) is 0 Å². The van der Waals surface area contributed by atoms with Gasteiger partial charge in [0.1, 0.15) is 0 Å². The summed E-state index contributed by atoms with van der Waals surface area (Å²) in [5, 5.41) is 5.19. The van der Waals surface area contributed by atoms with Gasteiger partial charge in [-0.15, -0.1) is 5.10 Å². The maximum absolute atomic E-state index is 11.9. The lowest BCUT2D eigenvalue weighted by Crippen LogP contribution is -2.16. The van der Waals surface area contributed by atoms with Crippen molar-refractivity contribution < 1.29 is 8.83 Å². The third-order valence-corrected chi connectivity index (χ3v) is 3.37. The van der Waals surface area contributed by atoms with E-state index >= 15 is 0 Å². The van der Waals surface area contributed by atoms with Gasteiger partial charge in [-0.3, -0.25) is 4.98 Å². The van der Waals surface area contributed by atoms with Crippen LogP contribution in [0.3, 0.4) is 0 Å². The fraction of sp³-hybridized carbons (Fsp3) is 0.0625. The van der Waals surface area contributed by atoms with E-state index < -0.39 is 5.76 Å². The molecule has 0 saturated heterocycles. The molecule has 0 amide bonds. The molecule has 4 rings (SSSR count). The number of para-hydroxylation sites is 1. The summed E-state index contributed by atoms with van der Waals surface area (Å²) in [6, 6.07) is 13.1. The van der Waals surface area contributed by atoms with Gasteiger partial charge in [-0.05, 0) is 18.2 Å². The van der Waals surface area contributed by atoms with Gasteiger partial charge in [0.2, 0.25) is 0 Å². The fourth-order valence-electron chi connectivity index (χ4n) is 2.36. The number of fused-ring (bicyclic) bond motifs is 1. The van der Waals surface area contributed by atoms with E-state index in [9.17, 15) is 4.79 Å². The van der Waals surface area contributed by atoms with Crippen molar-refractivity contribution in [2.45, 2.75) is 6.54 Å². The Labute approximate surface area is 124 Å². The lowest BCUT2D eigenvalue weighted by Gasteiger charge is -2.04. The first-order valence-electron chi connectivity index (χ1n) is 6.76. The third kappa shape index (κ3) is 2.10. The number of furan rings is 1. The van der Waals surface area contributed by atoms with Crippen LogP contribution >= 0.6 is 0 Å². The van der Waals surface area contributed by atoms with Gasteiger partial charge < -0.3 is 8.83 Å². The number of pyridine rings is 1. The Hall–Kier alpha value is -3.15.